The lowest BCUT2D eigenvalue weighted by atomic mass is 9.73. The summed E-state index contributed by atoms with van der Waals surface area (Å²) in [5.74, 6) is -5.47. The van der Waals surface area contributed by atoms with Crippen molar-refractivity contribution >= 4 is 29.8 Å². The fourth-order valence-electron chi connectivity index (χ4n) is 8.47. The van der Waals surface area contributed by atoms with E-state index in [1.807, 2.05) is 26.8 Å². The highest BCUT2D eigenvalue weighted by molar-refractivity contribution is 5.85. The van der Waals surface area contributed by atoms with Crippen molar-refractivity contribution in [2.24, 2.45) is 10.8 Å². The first kappa shape index (κ1) is 50.5. The fourth-order valence-corrected chi connectivity index (χ4v) is 8.47. The molecule has 1 unspecified atom stereocenters. The van der Waals surface area contributed by atoms with E-state index in [4.69, 9.17) is 37.9 Å². The van der Waals surface area contributed by atoms with Crippen LogP contribution in [-0.4, -0.2) is 115 Å². The predicted octanol–water partition coefficient (Wildman–Crippen LogP) is 5.99. The molecule has 0 amide bonds. The van der Waals surface area contributed by atoms with Gasteiger partial charge in [0.25, 0.3) is 0 Å². The number of carbonyl (C=O) groups excluding carboxylic acids is 5. The van der Waals surface area contributed by atoms with Crippen LogP contribution in [-0.2, 0) is 61.9 Å². The van der Waals surface area contributed by atoms with Crippen LogP contribution in [0.1, 0.15) is 119 Å². The van der Waals surface area contributed by atoms with Gasteiger partial charge in [-0.15, -0.1) is 0 Å². The maximum atomic E-state index is 13.4. The molecular formula is C47H68O15. The van der Waals surface area contributed by atoms with E-state index in [-0.39, 0.29) is 30.9 Å². The Morgan fingerprint density at radius 1 is 0.903 bits per heavy atom. The van der Waals surface area contributed by atoms with Gasteiger partial charge < -0.3 is 48.1 Å². The van der Waals surface area contributed by atoms with Crippen LogP contribution in [0.25, 0.3) is 0 Å². The van der Waals surface area contributed by atoms with Gasteiger partial charge in [0.05, 0.1) is 50.8 Å². The van der Waals surface area contributed by atoms with Crippen LogP contribution in [0.15, 0.2) is 59.8 Å². The Morgan fingerprint density at radius 2 is 1.61 bits per heavy atom. The number of cyclic esters (lactones) is 1. The Bertz CT molecular complexity index is 1740. The summed E-state index contributed by atoms with van der Waals surface area (Å²) < 4.78 is 47.6. The van der Waals surface area contributed by atoms with Crippen molar-refractivity contribution in [3.8, 4) is 0 Å². The maximum absolute atomic E-state index is 13.4. The van der Waals surface area contributed by atoms with E-state index in [1.54, 1.807) is 32.1 Å². The van der Waals surface area contributed by atoms with Crippen molar-refractivity contribution in [1.82, 2.24) is 0 Å². The second-order valence-corrected chi connectivity index (χ2v) is 17.9. The van der Waals surface area contributed by atoms with E-state index in [2.05, 4.69) is 0 Å². The van der Waals surface area contributed by atoms with Gasteiger partial charge in [-0.25, -0.2) is 14.4 Å². The highest BCUT2D eigenvalue weighted by Gasteiger charge is 2.58. The van der Waals surface area contributed by atoms with Gasteiger partial charge in [-0.2, -0.15) is 0 Å². The number of hydrogen-bond donors (Lipinski definition) is 2. The summed E-state index contributed by atoms with van der Waals surface area (Å²) in [6, 6.07) is 0. The number of carbonyl (C=O) groups is 5. The van der Waals surface area contributed by atoms with E-state index in [0.29, 0.717) is 38.5 Å². The number of hydrogen-bond acceptors (Lipinski definition) is 15. The van der Waals surface area contributed by atoms with Crippen molar-refractivity contribution in [3.63, 3.8) is 0 Å². The van der Waals surface area contributed by atoms with Crippen molar-refractivity contribution < 1.29 is 72.1 Å². The molecule has 62 heavy (non-hydrogen) atoms. The monoisotopic (exact) mass is 872 g/mol. The molecule has 0 radical (unpaired) electrons. The third kappa shape index (κ3) is 13.7. The Hall–Kier alpha value is -4.15. The molecule has 0 saturated carbocycles. The lowest BCUT2D eigenvalue weighted by Crippen LogP contribution is -2.62. The SMILES string of the molecule is CCC/C=C/C=C/C(=O)O[C@H]1/C(=C/C(=O)OC)C[C@H]2C[C@H]([C@@H](C)O)OC(=O)CCC[C@@H]3C[C@H](OC(C)=O)C(C)(C)C(C[C@@H]4C/C(=C/C(=O)OC)C[C@H](/C=C/C(C)(C)[C@]1(O)O2)O4)O3. The quantitative estimate of drug-likeness (QED) is 0.0900. The molecule has 6 bridgehead atoms. The zero-order valence-electron chi connectivity index (χ0n) is 37.8. The van der Waals surface area contributed by atoms with E-state index < -0.39 is 95.3 Å². The summed E-state index contributed by atoms with van der Waals surface area (Å²) >= 11 is 0. The van der Waals surface area contributed by atoms with Crippen LogP contribution in [0.2, 0.25) is 0 Å². The average molecular weight is 873 g/mol. The molecule has 0 aromatic carbocycles. The number of allylic oxidation sites excluding steroid dienone is 3. The molecule has 15 heteroatoms. The van der Waals surface area contributed by atoms with Crippen molar-refractivity contribution in [2.75, 3.05) is 14.2 Å². The minimum absolute atomic E-state index is 0.00950. The number of aliphatic hydroxyl groups is 2. The Kier molecular flexibility index (Phi) is 18.3. The summed E-state index contributed by atoms with van der Waals surface area (Å²) in [5, 5.41) is 23.8. The van der Waals surface area contributed by atoms with Gasteiger partial charge in [0.15, 0.2) is 6.10 Å². The van der Waals surface area contributed by atoms with Gasteiger partial charge in [-0.3, -0.25) is 9.59 Å². The molecule has 0 spiro atoms. The molecule has 0 aromatic heterocycles. The van der Waals surface area contributed by atoms with Gasteiger partial charge in [-0.1, -0.05) is 77.0 Å². The second kappa shape index (κ2) is 22.5. The Balaban J connectivity index is 1.84. The molecule has 4 aliphatic rings. The van der Waals surface area contributed by atoms with Crippen molar-refractivity contribution in [1.29, 1.82) is 0 Å². The Labute approximate surface area is 365 Å². The molecule has 4 rings (SSSR count). The molecule has 4 aliphatic heterocycles. The van der Waals surface area contributed by atoms with Crippen molar-refractivity contribution in [3.05, 3.63) is 59.8 Å². The van der Waals surface area contributed by atoms with E-state index in [0.717, 1.165) is 24.5 Å². The predicted molar refractivity (Wildman–Crippen MR) is 226 cm³/mol. The number of fused-ring (bicyclic) bond motifs is 6. The summed E-state index contributed by atoms with van der Waals surface area (Å²) in [5.41, 5.74) is -1.13. The van der Waals surface area contributed by atoms with Crippen LogP contribution < -0.4 is 0 Å². The molecule has 346 valence electrons. The fraction of sp³-hybridized carbons (Fsp3) is 0.681. The van der Waals surface area contributed by atoms with Gasteiger partial charge >= 0.3 is 29.8 Å². The standard InChI is InChI=1S/C47H68O15/c1-10-11-12-13-14-17-41(51)61-44-32(25-43(53)56-9)24-36-26-37(29(2)48)60-40(50)18-15-16-33-27-38(57-30(3)49)46(6,7)39(59-33)28-35-22-31(23-42(52)55-8)21-34(58-35)19-20-45(4,5)47(44,54)62-36/h12-14,17,19-20,23,25,29,33-39,44,48,54H,10-11,15-16,18,21-22,24,26-28H2,1-9H3/b13-12+,17-14+,20-19+,31-23+,32-25+/t29-,33-,34+,35+,36+,37-,38+,39?,44+,47-/m1/s1. The molecule has 0 aliphatic carbocycles. The minimum Gasteiger partial charge on any atom is -0.466 e. The molecule has 10 atom stereocenters. The summed E-state index contributed by atoms with van der Waals surface area (Å²) in [7, 11) is 2.50. The van der Waals surface area contributed by atoms with Crippen LogP contribution in [0.3, 0.4) is 0 Å². The first-order chi connectivity index (χ1) is 29.2. The minimum atomic E-state index is -2.37. The highest BCUT2D eigenvalue weighted by atomic mass is 16.7. The molecule has 4 heterocycles. The van der Waals surface area contributed by atoms with Gasteiger partial charge in [0.1, 0.15) is 12.2 Å². The smallest absolute Gasteiger partial charge is 0.331 e. The Morgan fingerprint density at radius 3 is 2.27 bits per heavy atom. The van der Waals surface area contributed by atoms with Crippen molar-refractivity contribution in [2.45, 2.75) is 180 Å². The number of aliphatic hydroxyl groups excluding tert-OH is 1. The number of unbranched alkanes of at least 4 members (excludes halogenated alkanes) is 1. The zero-order chi connectivity index (χ0) is 45.8. The topological polar surface area (TPSA) is 200 Å². The first-order valence-electron chi connectivity index (χ1n) is 21.8. The molecule has 2 N–H and O–H groups in total. The van der Waals surface area contributed by atoms with E-state index in [1.165, 1.54) is 46.3 Å². The molecule has 3 saturated heterocycles. The number of methoxy groups -OCH3 is 2. The summed E-state index contributed by atoms with van der Waals surface area (Å²) in [6.07, 6.45) is 8.98. The van der Waals surface area contributed by atoms with Crippen LogP contribution in [0.5, 0.6) is 0 Å². The van der Waals surface area contributed by atoms with Crippen LogP contribution >= 0.6 is 0 Å². The normalized spacial score (nSPS) is 34.1. The molecular weight excluding hydrogens is 805 g/mol. The van der Waals surface area contributed by atoms with E-state index >= 15 is 0 Å². The third-order valence-corrected chi connectivity index (χ3v) is 12.2. The number of ether oxygens (including phenoxy) is 8. The maximum Gasteiger partial charge on any atom is 0.331 e. The third-order valence-electron chi connectivity index (χ3n) is 12.2. The highest BCUT2D eigenvalue weighted by Crippen LogP contribution is 2.48. The largest absolute Gasteiger partial charge is 0.466 e. The van der Waals surface area contributed by atoms with Gasteiger partial charge in [-0.05, 0) is 51.0 Å². The number of rotatable bonds is 9. The number of esters is 5. The van der Waals surface area contributed by atoms with Crippen LogP contribution in [0.4, 0.5) is 0 Å². The zero-order valence-corrected chi connectivity index (χ0v) is 37.8. The summed E-state index contributed by atoms with van der Waals surface area (Å²) in [4.78, 5) is 64.5. The molecule has 3 fully saturated rings. The van der Waals surface area contributed by atoms with Gasteiger partial charge in [0.2, 0.25) is 5.79 Å². The average Bonchev–Trinajstić information content (AvgIpc) is 3.19. The second-order valence-electron chi connectivity index (χ2n) is 17.9. The van der Waals surface area contributed by atoms with Gasteiger partial charge in [0, 0.05) is 61.7 Å². The first-order valence-corrected chi connectivity index (χ1v) is 21.8. The van der Waals surface area contributed by atoms with Crippen LogP contribution in [0, 0.1) is 10.8 Å². The molecule has 15 nitrogen and oxygen atoms in total. The summed E-state index contributed by atoms with van der Waals surface area (Å²) in [6.45, 7) is 12.2. The van der Waals surface area contributed by atoms with E-state index in [9.17, 15) is 34.2 Å². The lowest BCUT2D eigenvalue weighted by molar-refractivity contribution is -0.327. The molecule has 0 aromatic rings. The lowest BCUT2D eigenvalue weighted by Gasteiger charge is -2.51.